The van der Waals surface area contributed by atoms with E-state index in [4.69, 9.17) is 16.3 Å². The zero-order valence-corrected chi connectivity index (χ0v) is 12.0. The van der Waals surface area contributed by atoms with Crippen molar-refractivity contribution in [1.82, 2.24) is 14.5 Å². The van der Waals surface area contributed by atoms with Crippen LogP contribution in [0.1, 0.15) is 17.5 Å². The highest BCUT2D eigenvalue weighted by molar-refractivity contribution is 6.30. The summed E-state index contributed by atoms with van der Waals surface area (Å²) in [4.78, 5) is 20.7. The van der Waals surface area contributed by atoms with Gasteiger partial charge in [0.05, 0.1) is 6.61 Å². The van der Waals surface area contributed by atoms with Crippen LogP contribution in [-0.4, -0.2) is 27.1 Å². The van der Waals surface area contributed by atoms with Gasteiger partial charge in [0.1, 0.15) is 5.52 Å². The molecule has 0 amide bonds. The van der Waals surface area contributed by atoms with Crippen LogP contribution in [0.2, 0.25) is 5.02 Å². The average Bonchev–Trinajstić information content (AvgIpc) is 2.88. The van der Waals surface area contributed by atoms with E-state index in [0.717, 1.165) is 5.69 Å². The maximum absolute atomic E-state index is 12.1. The highest BCUT2D eigenvalue weighted by Gasteiger charge is 2.20. The summed E-state index contributed by atoms with van der Waals surface area (Å²) in [5.41, 5.74) is 1.99. The predicted molar refractivity (Wildman–Crippen MR) is 79.8 cm³/mol. The number of imidazole rings is 1. The first kappa shape index (κ1) is 13.6. The Morgan fingerprint density at radius 3 is 2.76 bits per heavy atom. The van der Waals surface area contributed by atoms with Crippen molar-refractivity contribution in [1.29, 1.82) is 0 Å². The Balaban J connectivity index is 2.24. The van der Waals surface area contributed by atoms with Crippen molar-refractivity contribution in [2.45, 2.75) is 6.92 Å². The molecule has 0 aliphatic carbocycles. The molecule has 21 heavy (non-hydrogen) atoms. The molecule has 1 aromatic carbocycles. The summed E-state index contributed by atoms with van der Waals surface area (Å²) in [6.45, 7) is 2.04. The number of carbonyl (C=O) groups is 1. The lowest BCUT2D eigenvalue weighted by molar-refractivity contribution is 0.0510. The maximum Gasteiger partial charge on any atom is 0.375 e. The van der Waals surface area contributed by atoms with Gasteiger partial charge < -0.3 is 4.74 Å². The molecule has 0 radical (unpaired) electrons. The smallest absolute Gasteiger partial charge is 0.375 e. The predicted octanol–water partition coefficient (Wildman–Crippen LogP) is 3.25. The molecule has 6 heteroatoms. The van der Waals surface area contributed by atoms with Crippen LogP contribution < -0.4 is 0 Å². The number of pyridine rings is 1. The molecule has 0 atom stereocenters. The van der Waals surface area contributed by atoms with E-state index >= 15 is 0 Å². The fourth-order valence-corrected chi connectivity index (χ4v) is 2.21. The summed E-state index contributed by atoms with van der Waals surface area (Å²) in [6.07, 6.45) is 1.66. The molecular weight excluding hydrogens is 290 g/mol. The van der Waals surface area contributed by atoms with Gasteiger partial charge in [-0.2, -0.15) is 0 Å². The lowest BCUT2D eigenvalue weighted by Crippen LogP contribution is -2.12. The minimum absolute atomic E-state index is 0.202. The third-order valence-corrected chi connectivity index (χ3v) is 3.21. The Morgan fingerprint density at radius 1 is 1.29 bits per heavy atom. The fourth-order valence-electron chi connectivity index (χ4n) is 2.08. The number of hydrogen-bond acceptors (Lipinski definition) is 4. The van der Waals surface area contributed by atoms with Gasteiger partial charge in [-0.15, -0.1) is 0 Å². The molecule has 2 heterocycles. The zero-order chi connectivity index (χ0) is 14.8. The van der Waals surface area contributed by atoms with Crippen LogP contribution in [0.4, 0.5) is 0 Å². The molecule has 3 rings (SSSR count). The zero-order valence-electron chi connectivity index (χ0n) is 11.3. The molecule has 0 fully saturated rings. The van der Waals surface area contributed by atoms with Crippen molar-refractivity contribution >= 4 is 28.7 Å². The van der Waals surface area contributed by atoms with Crippen LogP contribution in [0.25, 0.3) is 16.9 Å². The van der Waals surface area contributed by atoms with Gasteiger partial charge in [-0.3, -0.25) is 4.57 Å². The van der Waals surface area contributed by atoms with Crippen LogP contribution >= 0.6 is 11.6 Å². The van der Waals surface area contributed by atoms with Crippen molar-refractivity contribution in [2.75, 3.05) is 6.61 Å². The highest BCUT2D eigenvalue weighted by Crippen LogP contribution is 2.21. The lowest BCUT2D eigenvalue weighted by Gasteiger charge is -2.08. The minimum Gasteiger partial charge on any atom is -0.460 e. The van der Waals surface area contributed by atoms with Gasteiger partial charge in [0.25, 0.3) is 0 Å². The second-order valence-electron chi connectivity index (χ2n) is 4.31. The number of aromatic nitrogens is 3. The van der Waals surface area contributed by atoms with Crippen LogP contribution in [-0.2, 0) is 4.74 Å². The quantitative estimate of drug-likeness (QED) is 0.697. The summed E-state index contributed by atoms with van der Waals surface area (Å²) in [7, 11) is 0. The molecule has 0 N–H and O–H groups in total. The van der Waals surface area contributed by atoms with E-state index in [1.54, 1.807) is 54.1 Å². The second kappa shape index (κ2) is 5.54. The Morgan fingerprint density at radius 2 is 2.05 bits per heavy atom. The number of esters is 1. The number of hydrogen-bond donors (Lipinski definition) is 0. The first-order valence-corrected chi connectivity index (χ1v) is 6.85. The molecule has 0 bridgehead atoms. The molecule has 0 saturated heterocycles. The van der Waals surface area contributed by atoms with Gasteiger partial charge in [0, 0.05) is 16.9 Å². The molecule has 106 valence electrons. The molecular formula is C15H12ClN3O2. The van der Waals surface area contributed by atoms with Crippen LogP contribution in [0, 0.1) is 0 Å². The molecule has 0 spiro atoms. The van der Waals surface area contributed by atoms with E-state index in [-0.39, 0.29) is 12.4 Å². The molecule has 0 aliphatic heterocycles. The summed E-state index contributed by atoms with van der Waals surface area (Å²) in [5.74, 6) is -0.279. The number of rotatable bonds is 3. The topological polar surface area (TPSA) is 57.0 Å². The third-order valence-electron chi connectivity index (χ3n) is 2.96. The number of halogens is 1. The number of nitrogens with zero attached hydrogens (tertiary/aromatic N) is 3. The van der Waals surface area contributed by atoms with E-state index in [2.05, 4.69) is 9.97 Å². The van der Waals surface area contributed by atoms with E-state index in [0.29, 0.717) is 16.2 Å². The van der Waals surface area contributed by atoms with Gasteiger partial charge in [0.2, 0.25) is 5.82 Å². The average molecular weight is 302 g/mol. The first-order chi connectivity index (χ1) is 10.2. The van der Waals surface area contributed by atoms with Crippen molar-refractivity contribution in [3.63, 3.8) is 0 Å². The first-order valence-electron chi connectivity index (χ1n) is 6.47. The fraction of sp³-hybridized carbons (Fsp3) is 0.133. The SMILES string of the molecule is CCOC(=O)c1nc2cccnc2n1-c1ccc(Cl)cc1. The van der Waals surface area contributed by atoms with Crippen molar-refractivity contribution in [2.24, 2.45) is 0 Å². The molecule has 5 nitrogen and oxygen atoms in total. The van der Waals surface area contributed by atoms with E-state index < -0.39 is 5.97 Å². The molecule has 0 unspecified atom stereocenters. The van der Waals surface area contributed by atoms with Crippen LogP contribution in [0.15, 0.2) is 42.6 Å². The Hall–Kier alpha value is -2.40. The standard InChI is InChI=1S/C15H12ClN3O2/c1-2-21-15(20)14-18-12-4-3-9-17-13(12)19(14)11-7-5-10(16)6-8-11/h3-9H,2H2,1H3. The van der Waals surface area contributed by atoms with E-state index in [9.17, 15) is 4.79 Å². The van der Waals surface area contributed by atoms with Crippen molar-refractivity contribution < 1.29 is 9.53 Å². The normalized spacial score (nSPS) is 10.8. The van der Waals surface area contributed by atoms with Gasteiger partial charge in [-0.05, 0) is 43.3 Å². The summed E-state index contributed by atoms with van der Waals surface area (Å²) >= 11 is 5.91. The monoisotopic (exact) mass is 301 g/mol. The van der Waals surface area contributed by atoms with Gasteiger partial charge >= 0.3 is 5.97 Å². The van der Waals surface area contributed by atoms with Crippen LogP contribution in [0.3, 0.4) is 0 Å². The number of benzene rings is 1. The number of ether oxygens (including phenoxy) is 1. The lowest BCUT2D eigenvalue weighted by atomic mass is 10.3. The van der Waals surface area contributed by atoms with E-state index in [1.807, 2.05) is 0 Å². The summed E-state index contributed by atoms with van der Waals surface area (Å²) in [5, 5.41) is 0.619. The summed E-state index contributed by atoms with van der Waals surface area (Å²) in [6, 6.07) is 10.7. The molecule has 0 aliphatic rings. The third kappa shape index (κ3) is 2.48. The maximum atomic E-state index is 12.1. The number of carbonyl (C=O) groups excluding carboxylic acids is 1. The molecule has 3 aromatic rings. The van der Waals surface area contributed by atoms with E-state index in [1.165, 1.54) is 0 Å². The minimum atomic E-state index is -0.481. The highest BCUT2D eigenvalue weighted by atomic mass is 35.5. The Bertz CT molecular complexity index is 796. The second-order valence-corrected chi connectivity index (χ2v) is 4.75. The van der Waals surface area contributed by atoms with Crippen LogP contribution in [0.5, 0.6) is 0 Å². The Labute approximate surface area is 126 Å². The molecule has 2 aromatic heterocycles. The summed E-state index contributed by atoms with van der Waals surface area (Å²) < 4.78 is 6.74. The number of fused-ring (bicyclic) bond motifs is 1. The van der Waals surface area contributed by atoms with Crippen molar-refractivity contribution in [3.8, 4) is 5.69 Å². The van der Waals surface area contributed by atoms with Gasteiger partial charge in [-0.1, -0.05) is 11.6 Å². The molecule has 0 saturated carbocycles. The Kier molecular flexibility index (Phi) is 3.58. The largest absolute Gasteiger partial charge is 0.460 e. The van der Waals surface area contributed by atoms with Gasteiger partial charge in [0.15, 0.2) is 5.65 Å². The van der Waals surface area contributed by atoms with Crippen molar-refractivity contribution in [3.05, 3.63) is 53.4 Å². The van der Waals surface area contributed by atoms with Gasteiger partial charge in [-0.25, -0.2) is 14.8 Å².